The molecule has 0 saturated carbocycles. The van der Waals surface area contributed by atoms with Gasteiger partial charge in [-0.1, -0.05) is 18.2 Å². The van der Waals surface area contributed by atoms with Crippen LogP contribution in [0.1, 0.15) is 20.8 Å². The fraction of sp³-hybridized carbons (Fsp3) is 0.105. The van der Waals surface area contributed by atoms with Crippen molar-refractivity contribution in [1.29, 1.82) is 0 Å². The largest absolute Gasteiger partial charge is 0.507 e. The number of nitrogens with zero attached hydrogens (tertiary/aromatic N) is 3. The number of rotatable bonds is 5. The smallest absolute Gasteiger partial charge is 0.357 e. The first-order chi connectivity index (χ1) is 14.3. The fourth-order valence-electron chi connectivity index (χ4n) is 2.84. The second-order valence-electron chi connectivity index (χ2n) is 5.92. The zero-order chi connectivity index (χ0) is 22.0. The van der Waals surface area contributed by atoms with Gasteiger partial charge in [-0.25, -0.2) is 14.3 Å². The van der Waals surface area contributed by atoms with Crippen LogP contribution in [0.25, 0.3) is 16.9 Å². The van der Waals surface area contributed by atoms with Crippen molar-refractivity contribution in [3.63, 3.8) is 0 Å². The van der Waals surface area contributed by atoms with Crippen LogP contribution in [0.5, 0.6) is 11.5 Å². The van der Waals surface area contributed by atoms with Crippen molar-refractivity contribution >= 4 is 17.6 Å². The standard InChI is InChI=1S/C19H15N3O8/c1-29-18(25)15-16(11-8-12(22(27)28)14(24)9-13(11)23)20-21(17(15)19(26)30-2)10-6-4-3-5-7-10/h3-9,23-24H,1-2H3. The highest BCUT2D eigenvalue weighted by Crippen LogP contribution is 2.40. The Balaban J connectivity index is 2.42. The lowest BCUT2D eigenvalue weighted by Crippen LogP contribution is -2.15. The highest BCUT2D eigenvalue weighted by atomic mass is 16.6. The quantitative estimate of drug-likeness (QED) is 0.364. The number of hydrogen-bond acceptors (Lipinski definition) is 9. The van der Waals surface area contributed by atoms with Crippen LogP contribution < -0.4 is 0 Å². The maximum atomic E-state index is 12.5. The third kappa shape index (κ3) is 3.39. The van der Waals surface area contributed by atoms with Gasteiger partial charge in [0, 0.05) is 12.1 Å². The number of para-hydroxylation sites is 1. The third-order valence-corrected chi connectivity index (χ3v) is 4.20. The molecule has 0 unspecified atom stereocenters. The summed E-state index contributed by atoms with van der Waals surface area (Å²) >= 11 is 0. The number of aromatic nitrogens is 2. The topological polar surface area (TPSA) is 154 Å². The Kier molecular flexibility index (Phi) is 5.36. The van der Waals surface area contributed by atoms with E-state index in [1.54, 1.807) is 30.3 Å². The van der Waals surface area contributed by atoms with E-state index >= 15 is 0 Å². The summed E-state index contributed by atoms with van der Waals surface area (Å²) in [5.74, 6) is -3.29. The van der Waals surface area contributed by atoms with E-state index in [1.807, 2.05) is 0 Å². The molecule has 0 aliphatic carbocycles. The molecule has 154 valence electrons. The maximum Gasteiger partial charge on any atom is 0.357 e. The number of methoxy groups -OCH3 is 2. The summed E-state index contributed by atoms with van der Waals surface area (Å²) in [6, 6.07) is 9.84. The van der Waals surface area contributed by atoms with Crippen molar-refractivity contribution in [3.8, 4) is 28.4 Å². The number of phenolic OH excluding ortho intramolecular Hbond substituents is 2. The summed E-state index contributed by atoms with van der Waals surface area (Å²) in [5, 5.41) is 35.5. The Morgan fingerprint density at radius 2 is 1.67 bits per heavy atom. The van der Waals surface area contributed by atoms with Crippen LogP contribution in [0.15, 0.2) is 42.5 Å². The van der Waals surface area contributed by atoms with Gasteiger partial charge >= 0.3 is 17.6 Å². The second kappa shape index (κ2) is 7.91. The monoisotopic (exact) mass is 413 g/mol. The SMILES string of the molecule is COC(=O)c1c(-c2cc([N+](=O)[O-])c(O)cc2O)nn(-c2ccccc2)c1C(=O)OC. The number of esters is 2. The van der Waals surface area contributed by atoms with E-state index in [9.17, 15) is 29.9 Å². The summed E-state index contributed by atoms with van der Waals surface area (Å²) < 4.78 is 10.6. The molecule has 0 fully saturated rings. The molecule has 3 aromatic rings. The van der Waals surface area contributed by atoms with Gasteiger partial charge in [0.2, 0.25) is 0 Å². The maximum absolute atomic E-state index is 12.5. The van der Waals surface area contributed by atoms with Gasteiger partial charge in [0.1, 0.15) is 17.0 Å². The summed E-state index contributed by atoms with van der Waals surface area (Å²) in [6.07, 6.45) is 0. The van der Waals surface area contributed by atoms with Crippen LogP contribution in [0.2, 0.25) is 0 Å². The van der Waals surface area contributed by atoms with Crippen LogP contribution >= 0.6 is 0 Å². The van der Waals surface area contributed by atoms with Crippen molar-refractivity contribution in [2.75, 3.05) is 14.2 Å². The average molecular weight is 413 g/mol. The second-order valence-corrected chi connectivity index (χ2v) is 5.92. The molecule has 11 nitrogen and oxygen atoms in total. The zero-order valence-electron chi connectivity index (χ0n) is 15.7. The molecule has 0 aliphatic rings. The first-order valence-corrected chi connectivity index (χ1v) is 8.36. The lowest BCUT2D eigenvalue weighted by Gasteiger charge is -2.07. The summed E-state index contributed by atoms with van der Waals surface area (Å²) in [7, 11) is 2.18. The van der Waals surface area contributed by atoms with Gasteiger partial charge in [-0.15, -0.1) is 0 Å². The molecular weight excluding hydrogens is 398 g/mol. The van der Waals surface area contributed by atoms with Crippen LogP contribution in [-0.2, 0) is 9.47 Å². The summed E-state index contributed by atoms with van der Waals surface area (Å²) in [5.41, 5.74) is -1.56. The molecule has 0 saturated heterocycles. The highest BCUT2D eigenvalue weighted by Gasteiger charge is 2.33. The predicted octanol–water partition coefficient (Wildman–Crippen LogP) is 2.43. The molecule has 0 spiro atoms. The molecule has 1 heterocycles. The fourth-order valence-corrected chi connectivity index (χ4v) is 2.84. The third-order valence-electron chi connectivity index (χ3n) is 4.20. The van der Waals surface area contributed by atoms with Crippen LogP contribution in [-0.4, -0.2) is 51.1 Å². The van der Waals surface area contributed by atoms with Gasteiger partial charge in [-0.3, -0.25) is 10.1 Å². The lowest BCUT2D eigenvalue weighted by atomic mass is 10.0. The molecule has 30 heavy (non-hydrogen) atoms. The van der Waals surface area contributed by atoms with Gasteiger partial charge in [-0.2, -0.15) is 5.10 Å². The van der Waals surface area contributed by atoms with Crippen molar-refractivity contribution in [2.24, 2.45) is 0 Å². The van der Waals surface area contributed by atoms with Gasteiger partial charge < -0.3 is 19.7 Å². The van der Waals surface area contributed by atoms with E-state index in [2.05, 4.69) is 5.10 Å². The number of nitro groups is 1. The van der Waals surface area contributed by atoms with Gasteiger partial charge in [0.15, 0.2) is 11.4 Å². The number of benzene rings is 2. The van der Waals surface area contributed by atoms with Crippen LogP contribution in [0.3, 0.4) is 0 Å². The Hall–Kier alpha value is -4.41. The summed E-state index contributed by atoms with van der Waals surface area (Å²) in [4.78, 5) is 35.4. The Bertz CT molecular complexity index is 1150. The molecule has 0 bridgehead atoms. The zero-order valence-corrected chi connectivity index (χ0v) is 15.7. The first-order valence-electron chi connectivity index (χ1n) is 8.36. The van der Waals surface area contributed by atoms with E-state index in [4.69, 9.17) is 9.47 Å². The number of ether oxygens (including phenoxy) is 2. The van der Waals surface area contributed by atoms with Crippen LogP contribution in [0.4, 0.5) is 5.69 Å². The molecule has 0 amide bonds. The Morgan fingerprint density at radius 3 is 2.23 bits per heavy atom. The van der Waals surface area contributed by atoms with Crippen molar-refractivity contribution < 1.29 is 34.2 Å². The molecule has 11 heteroatoms. The average Bonchev–Trinajstić information content (AvgIpc) is 3.13. The summed E-state index contributed by atoms with van der Waals surface area (Å²) in [6.45, 7) is 0. The minimum Gasteiger partial charge on any atom is -0.507 e. The molecule has 3 rings (SSSR count). The number of carbonyl (C=O) groups excluding carboxylic acids is 2. The van der Waals surface area contributed by atoms with E-state index in [0.29, 0.717) is 5.69 Å². The predicted molar refractivity (Wildman–Crippen MR) is 102 cm³/mol. The van der Waals surface area contributed by atoms with Gasteiger partial charge in [-0.05, 0) is 12.1 Å². The Morgan fingerprint density at radius 1 is 1.03 bits per heavy atom. The van der Waals surface area contributed by atoms with E-state index in [1.165, 1.54) is 0 Å². The minimum atomic E-state index is -0.984. The van der Waals surface area contributed by atoms with E-state index in [0.717, 1.165) is 31.0 Å². The first kappa shape index (κ1) is 20.3. The molecule has 0 radical (unpaired) electrons. The van der Waals surface area contributed by atoms with Crippen molar-refractivity contribution in [1.82, 2.24) is 9.78 Å². The number of hydrogen-bond donors (Lipinski definition) is 2. The lowest BCUT2D eigenvalue weighted by molar-refractivity contribution is -0.385. The minimum absolute atomic E-state index is 0.264. The number of nitro benzene ring substituents is 1. The van der Waals surface area contributed by atoms with Crippen LogP contribution in [0, 0.1) is 10.1 Å². The molecule has 2 N–H and O–H groups in total. The van der Waals surface area contributed by atoms with E-state index in [-0.39, 0.29) is 22.5 Å². The molecule has 2 aromatic carbocycles. The van der Waals surface area contributed by atoms with Crippen molar-refractivity contribution in [2.45, 2.75) is 0 Å². The molecule has 0 atom stereocenters. The molecule has 0 aliphatic heterocycles. The van der Waals surface area contributed by atoms with Crippen molar-refractivity contribution in [3.05, 3.63) is 63.8 Å². The molecular formula is C19H15N3O8. The van der Waals surface area contributed by atoms with Gasteiger partial charge in [0.05, 0.1) is 30.4 Å². The van der Waals surface area contributed by atoms with E-state index < -0.39 is 34.0 Å². The number of carbonyl (C=O) groups is 2. The Labute approximate surface area is 168 Å². The number of aromatic hydroxyl groups is 2. The van der Waals surface area contributed by atoms with Gasteiger partial charge in [0.25, 0.3) is 0 Å². The molecule has 1 aromatic heterocycles. The number of phenols is 2. The normalized spacial score (nSPS) is 10.5. The highest BCUT2D eigenvalue weighted by molar-refractivity contribution is 6.07.